The first-order chi connectivity index (χ1) is 9.19. The normalized spacial score (nSPS) is 18.9. The Bertz CT molecular complexity index is 392. The van der Waals surface area contributed by atoms with Gasteiger partial charge < -0.3 is 0 Å². The number of nitrogens with two attached hydrogens (primary N) is 1. The molecule has 0 aromatic carbocycles. The summed E-state index contributed by atoms with van der Waals surface area (Å²) >= 11 is 1.83. The molecule has 2 rings (SSSR count). The van der Waals surface area contributed by atoms with E-state index in [0.29, 0.717) is 0 Å². The lowest BCUT2D eigenvalue weighted by Gasteiger charge is -2.46. The molecule has 19 heavy (non-hydrogen) atoms. The number of nitrogens with one attached hydrogen (secondary N) is 1. The van der Waals surface area contributed by atoms with Gasteiger partial charge in [0.1, 0.15) is 0 Å². The summed E-state index contributed by atoms with van der Waals surface area (Å²) in [6, 6.07) is 2.44. The smallest absolute Gasteiger partial charge is 0.0739 e. The van der Waals surface area contributed by atoms with Gasteiger partial charge in [-0.05, 0) is 62.7 Å². The SMILES string of the molecule is CCC(CC)(C(NN)c1sccc1C)N1CCCC1. The molecule has 0 spiro atoms. The van der Waals surface area contributed by atoms with Crippen LogP contribution in [0.1, 0.15) is 56.0 Å². The zero-order valence-corrected chi connectivity index (χ0v) is 13.2. The van der Waals surface area contributed by atoms with Crippen molar-refractivity contribution in [3.8, 4) is 0 Å². The second kappa shape index (κ2) is 6.35. The number of aryl methyl sites for hydroxylation is 1. The predicted molar refractivity (Wildman–Crippen MR) is 83.2 cm³/mol. The third-order valence-corrected chi connectivity index (χ3v) is 5.91. The van der Waals surface area contributed by atoms with E-state index in [1.807, 2.05) is 11.3 Å². The highest BCUT2D eigenvalue weighted by Gasteiger charge is 2.43. The molecule has 1 unspecified atom stereocenters. The highest BCUT2D eigenvalue weighted by molar-refractivity contribution is 7.10. The lowest BCUT2D eigenvalue weighted by Crippen LogP contribution is -2.56. The van der Waals surface area contributed by atoms with Crippen molar-refractivity contribution >= 4 is 11.3 Å². The molecule has 1 aromatic rings. The second-order valence-corrected chi connectivity index (χ2v) is 6.52. The summed E-state index contributed by atoms with van der Waals surface area (Å²) in [4.78, 5) is 4.06. The summed E-state index contributed by atoms with van der Waals surface area (Å²) in [6.45, 7) is 9.22. The van der Waals surface area contributed by atoms with Crippen molar-refractivity contribution in [3.63, 3.8) is 0 Å². The topological polar surface area (TPSA) is 41.3 Å². The summed E-state index contributed by atoms with van der Waals surface area (Å²) in [6.07, 6.45) is 4.91. The first-order valence-corrected chi connectivity index (χ1v) is 8.32. The fourth-order valence-electron chi connectivity index (χ4n) is 3.61. The number of rotatable bonds is 6. The van der Waals surface area contributed by atoms with E-state index < -0.39 is 0 Å². The van der Waals surface area contributed by atoms with E-state index in [0.717, 1.165) is 12.8 Å². The van der Waals surface area contributed by atoms with E-state index >= 15 is 0 Å². The Morgan fingerprint density at radius 3 is 2.42 bits per heavy atom. The average Bonchev–Trinajstić information content (AvgIpc) is 3.08. The number of likely N-dealkylation sites (tertiary alicyclic amines) is 1. The third-order valence-electron chi connectivity index (χ3n) is 4.83. The number of hydrogen-bond acceptors (Lipinski definition) is 4. The van der Waals surface area contributed by atoms with Crippen LogP contribution in [0.2, 0.25) is 0 Å². The van der Waals surface area contributed by atoms with Crippen LogP contribution in [-0.2, 0) is 0 Å². The molecule has 3 N–H and O–H groups in total. The van der Waals surface area contributed by atoms with Gasteiger partial charge in [0.05, 0.1) is 6.04 Å². The van der Waals surface area contributed by atoms with Gasteiger partial charge >= 0.3 is 0 Å². The van der Waals surface area contributed by atoms with Gasteiger partial charge in [-0.25, -0.2) is 0 Å². The van der Waals surface area contributed by atoms with Gasteiger partial charge in [-0.1, -0.05) is 13.8 Å². The van der Waals surface area contributed by atoms with Crippen LogP contribution in [0.5, 0.6) is 0 Å². The lowest BCUT2D eigenvalue weighted by molar-refractivity contribution is 0.0628. The molecular formula is C15H27N3S. The molecule has 4 heteroatoms. The first-order valence-electron chi connectivity index (χ1n) is 7.44. The highest BCUT2D eigenvalue weighted by Crippen LogP contribution is 2.41. The molecule has 0 amide bonds. The van der Waals surface area contributed by atoms with Gasteiger partial charge in [0.25, 0.3) is 0 Å². The van der Waals surface area contributed by atoms with Crippen molar-refractivity contribution in [2.75, 3.05) is 13.1 Å². The monoisotopic (exact) mass is 281 g/mol. The third kappa shape index (κ3) is 2.59. The van der Waals surface area contributed by atoms with Gasteiger partial charge in [-0.15, -0.1) is 11.3 Å². The Labute approximate surface area is 121 Å². The van der Waals surface area contributed by atoms with E-state index in [1.54, 1.807) is 0 Å². The summed E-state index contributed by atoms with van der Waals surface area (Å²) in [5.74, 6) is 5.97. The van der Waals surface area contributed by atoms with Crippen molar-refractivity contribution in [2.24, 2.45) is 5.84 Å². The minimum Gasteiger partial charge on any atom is -0.296 e. The molecule has 1 aromatic heterocycles. The van der Waals surface area contributed by atoms with Crippen LogP contribution in [0.25, 0.3) is 0 Å². The van der Waals surface area contributed by atoms with Crippen LogP contribution in [0.4, 0.5) is 0 Å². The molecule has 1 saturated heterocycles. The Hall–Kier alpha value is -0.420. The predicted octanol–water partition coefficient (Wildman–Crippen LogP) is 3.22. The van der Waals surface area contributed by atoms with Crippen molar-refractivity contribution < 1.29 is 0 Å². The molecule has 2 heterocycles. The summed E-state index contributed by atoms with van der Waals surface area (Å²) in [5, 5.41) is 2.18. The Morgan fingerprint density at radius 1 is 1.37 bits per heavy atom. The van der Waals surface area contributed by atoms with E-state index in [1.165, 1.54) is 36.4 Å². The van der Waals surface area contributed by atoms with Crippen molar-refractivity contribution in [3.05, 3.63) is 21.9 Å². The zero-order chi connectivity index (χ0) is 13.9. The molecule has 108 valence electrons. The largest absolute Gasteiger partial charge is 0.296 e. The zero-order valence-electron chi connectivity index (χ0n) is 12.4. The molecule has 1 aliphatic rings. The Morgan fingerprint density at radius 2 is 2.00 bits per heavy atom. The molecule has 1 aliphatic heterocycles. The van der Waals surface area contributed by atoms with Crippen LogP contribution in [0.15, 0.2) is 11.4 Å². The fraction of sp³-hybridized carbons (Fsp3) is 0.733. The minimum atomic E-state index is 0.154. The quantitative estimate of drug-likeness (QED) is 0.621. The molecular weight excluding hydrogens is 254 g/mol. The molecule has 3 nitrogen and oxygen atoms in total. The minimum absolute atomic E-state index is 0.154. The fourth-order valence-corrected chi connectivity index (χ4v) is 4.70. The van der Waals surface area contributed by atoms with Crippen molar-refractivity contribution in [2.45, 2.75) is 58.0 Å². The lowest BCUT2D eigenvalue weighted by atomic mass is 9.81. The van der Waals surface area contributed by atoms with Gasteiger partial charge in [0, 0.05) is 10.4 Å². The summed E-state index contributed by atoms with van der Waals surface area (Å²) < 4.78 is 0. The van der Waals surface area contributed by atoms with Gasteiger partial charge in [0.15, 0.2) is 0 Å². The Kier molecular flexibility index (Phi) is 5.01. The van der Waals surface area contributed by atoms with Gasteiger partial charge in [-0.2, -0.15) is 0 Å². The first kappa shape index (κ1) is 15.0. The number of thiophene rings is 1. The Balaban J connectivity index is 2.37. The van der Waals surface area contributed by atoms with E-state index in [-0.39, 0.29) is 11.6 Å². The van der Waals surface area contributed by atoms with Crippen LogP contribution in [0.3, 0.4) is 0 Å². The van der Waals surface area contributed by atoms with Gasteiger partial charge in [0.2, 0.25) is 0 Å². The van der Waals surface area contributed by atoms with Crippen LogP contribution in [-0.4, -0.2) is 23.5 Å². The average molecular weight is 281 g/mol. The van der Waals surface area contributed by atoms with E-state index in [9.17, 15) is 0 Å². The number of hydrazine groups is 1. The van der Waals surface area contributed by atoms with Gasteiger partial charge in [-0.3, -0.25) is 16.2 Å². The maximum absolute atomic E-state index is 5.97. The maximum atomic E-state index is 5.97. The van der Waals surface area contributed by atoms with Crippen LogP contribution in [0, 0.1) is 6.92 Å². The summed E-state index contributed by atoms with van der Waals surface area (Å²) in [7, 11) is 0. The van der Waals surface area contributed by atoms with Crippen LogP contribution < -0.4 is 11.3 Å². The molecule has 0 radical (unpaired) electrons. The van der Waals surface area contributed by atoms with Crippen molar-refractivity contribution in [1.82, 2.24) is 10.3 Å². The van der Waals surface area contributed by atoms with E-state index in [4.69, 9.17) is 5.84 Å². The number of nitrogens with zero attached hydrogens (tertiary/aromatic N) is 1. The molecule has 0 bridgehead atoms. The highest BCUT2D eigenvalue weighted by atomic mass is 32.1. The summed E-state index contributed by atoms with van der Waals surface area (Å²) in [5.41, 5.74) is 4.65. The van der Waals surface area contributed by atoms with Crippen molar-refractivity contribution in [1.29, 1.82) is 0 Å². The molecule has 0 saturated carbocycles. The molecule has 0 aliphatic carbocycles. The second-order valence-electron chi connectivity index (χ2n) is 5.57. The number of hydrogen-bond donors (Lipinski definition) is 2. The standard InChI is InChI=1S/C15H27N3S/c1-4-15(5-2,18-9-6-7-10-18)14(17-16)13-12(3)8-11-19-13/h8,11,14,17H,4-7,9-10,16H2,1-3H3. The van der Waals surface area contributed by atoms with Crippen LogP contribution >= 0.6 is 11.3 Å². The maximum Gasteiger partial charge on any atom is 0.0739 e. The molecule has 1 atom stereocenters. The van der Waals surface area contributed by atoms with E-state index in [2.05, 4.69) is 42.5 Å². The molecule has 1 fully saturated rings.